The summed E-state index contributed by atoms with van der Waals surface area (Å²) in [5.41, 5.74) is 1.96. The summed E-state index contributed by atoms with van der Waals surface area (Å²) in [5, 5.41) is 3.53. The van der Waals surface area contributed by atoms with Gasteiger partial charge in [0, 0.05) is 10.6 Å². The number of benzene rings is 2. The second-order valence-electron chi connectivity index (χ2n) is 5.86. The van der Waals surface area contributed by atoms with Gasteiger partial charge in [-0.1, -0.05) is 49.7 Å². The summed E-state index contributed by atoms with van der Waals surface area (Å²) in [6.07, 6.45) is 0. The highest BCUT2D eigenvalue weighted by Gasteiger charge is 2.25. The van der Waals surface area contributed by atoms with Crippen molar-refractivity contribution in [2.75, 3.05) is 5.32 Å². The van der Waals surface area contributed by atoms with E-state index in [4.69, 9.17) is 11.6 Å². The molecular formula is C19H20ClNO2. The van der Waals surface area contributed by atoms with Crippen LogP contribution in [0.5, 0.6) is 0 Å². The van der Waals surface area contributed by atoms with Gasteiger partial charge >= 0.3 is 0 Å². The lowest BCUT2D eigenvalue weighted by Crippen LogP contribution is -2.25. The van der Waals surface area contributed by atoms with Crippen LogP contribution in [0.4, 0.5) is 5.69 Å². The van der Waals surface area contributed by atoms with Gasteiger partial charge in [0.2, 0.25) is 5.91 Å². The van der Waals surface area contributed by atoms with E-state index in [1.54, 1.807) is 36.4 Å². The molecule has 1 amide bonds. The van der Waals surface area contributed by atoms with Crippen LogP contribution in [0.15, 0.2) is 48.5 Å². The molecule has 1 N–H and O–H groups in total. The SMILES string of the molecule is CC(=O)c1ccccc1NC(=O)[C@@H](c1ccc(Cl)cc1)C(C)C. The fourth-order valence-corrected chi connectivity index (χ4v) is 2.74. The average Bonchev–Trinajstić information content (AvgIpc) is 2.49. The van der Waals surface area contributed by atoms with Gasteiger partial charge in [0.05, 0.1) is 11.6 Å². The van der Waals surface area contributed by atoms with Gasteiger partial charge in [-0.2, -0.15) is 0 Å². The molecule has 0 fully saturated rings. The maximum absolute atomic E-state index is 12.8. The minimum Gasteiger partial charge on any atom is -0.325 e. The number of halogens is 1. The Balaban J connectivity index is 2.30. The third-order valence-corrected chi connectivity index (χ3v) is 3.99. The van der Waals surface area contributed by atoms with Gasteiger partial charge < -0.3 is 5.32 Å². The van der Waals surface area contributed by atoms with Gasteiger partial charge in [0.1, 0.15) is 0 Å². The van der Waals surface area contributed by atoms with Crippen LogP contribution in [-0.4, -0.2) is 11.7 Å². The van der Waals surface area contributed by atoms with Gasteiger partial charge in [-0.25, -0.2) is 0 Å². The topological polar surface area (TPSA) is 46.2 Å². The minimum atomic E-state index is -0.313. The Morgan fingerprint density at radius 2 is 1.61 bits per heavy atom. The number of para-hydroxylation sites is 1. The number of Topliss-reactive ketones (excluding diaryl/α,β-unsaturated/α-hetero) is 1. The molecule has 0 heterocycles. The first kappa shape index (κ1) is 17.2. The largest absolute Gasteiger partial charge is 0.325 e. The molecule has 3 nitrogen and oxygen atoms in total. The number of carbonyl (C=O) groups is 2. The number of anilines is 1. The van der Waals surface area contributed by atoms with E-state index >= 15 is 0 Å². The Bertz CT molecular complexity index is 708. The fourth-order valence-electron chi connectivity index (χ4n) is 2.62. The van der Waals surface area contributed by atoms with Crippen molar-refractivity contribution in [1.82, 2.24) is 0 Å². The molecule has 2 aromatic carbocycles. The second kappa shape index (κ2) is 7.42. The quantitative estimate of drug-likeness (QED) is 0.791. The highest BCUT2D eigenvalue weighted by atomic mass is 35.5. The zero-order chi connectivity index (χ0) is 17.0. The molecule has 0 bridgehead atoms. The molecule has 0 aliphatic heterocycles. The highest BCUT2D eigenvalue weighted by molar-refractivity contribution is 6.30. The molecule has 4 heteroatoms. The van der Waals surface area contributed by atoms with E-state index in [-0.39, 0.29) is 23.5 Å². The third-order valence-electron chi connectivity index (χ3n) is 3.74. The predicted molar refractivity (Wildman–Crippen MR) is 94.1 cm³/mol. The van der Waals surface area contributed by atoms with E-state index in [0.29, 0.717) is 16.3 Å². The van der Waals surface area contributed by atoms with Crippen LogP contribution in [0.2, 0.25) is 5.02 Å². The summed E-state index contributed by atoms with van der Waals surface area (Å²) < 4.78 is 0. The lowest BCUT2D eigenvalue weighted by atomic mass is 9.87. The van der Waals surface area contributed by atoms with Crippen molar-refractivity contribution < 1.29 is 9.59 Å². The van der Waals surface area contributed by atoms with Crippen LogP contribution in [0.25, 0.3) is 0 Å². The number of ketones is 1. The molecule has 0 saturated carbocycles. The molecule has 0 radical (unpaired) electrons. The average molecular weight is 330 g/mol. The predicted octanol–water partition coefficient (Wildman–Crippen LogP) is 4.92. The Morgan fingerprint density at radius 1 is 1.00 bits per heavy atom. The normalized spacial score (nSPS) is 12.0. The molecule has 2 aromatic rings. The van der Waals surface area contributed by atoms with E-state index in [0.717, 1.165) is 5.56 Å². The Morgan fingerprint density at radius 3 is 2.17 bits per heavy atom. The number of rotatable bonds is 5. The fraction of sp³-hybridized carbons (Fsp3) is 0.263. The summed E-state index contributed by atoms with van der Waals surface area (Å²) >= 11 is 5.92. The molecule has 23 heavy (non-hydrogen) atoms. The molecule has 0 spiro atoms. The molecule has 0 aliphatic rings. The first-order chi connectivity index (χ1) is 10.9. The zero-order valence-corrected chi connectivity index (χ0v) is 14.2. The van der Waals surface area contributed by atoms with Gasteiger partial charge in [-0.15, -0.1) is 0 Å². The second-order valence-corrected chi connectivity index (χ2v) is 6.30. The third kappa shape index (κ3) is 4.20. The van der Waals surface area contributed by atoms with Crippen molar-refractivity contribution >= 4 is 29.0 Å². The number of nitrogens with one attached hydrogen (secondary N) is 1. The molecular weight excluding hydrogens is 310 g/mol. The molecule has 0 saturated heterocycles. The van der Waals surface area contributed by atoms with Crippen molar-refractivity contribution in [3.05, 3.63) is 64.7 Å². The number of hydrogen-bond donors (Lipinski definition) is 1. The van der Waals surface area contributed by atoms with Crippen LogP contribution in [0.3, 0.4) is 0 Å². The maximum atomic E-state index is 12.8. The van der Waals surface area contributed by atoms with Crippen molar-refractivity contribution in [2.45, 2.75) is 26.7 Å². The summed E-state index contributed by atoms with van der Waals surface area (Å²) in [6.45, 7) is 5.48. The van der Waals surface area contributed by atoms with Crippen LogP contribution in [0, 0.1) is 5.92 Å². The molecule has 0 aromatic heterocycles. The lowest BCUT2D eigenvalue weighted by Gasteiger charge is -2.21. The van der Waals surface area contributed by atoms with E-state index < -0.39 is 0 Å². The molecule has 0 unspecified atom stereocenters. The Hall–Kier alpha value is -2.13. The van der Waals surface area contributed by atoms with E-state index in [2.05, 4.69) is 5.32 Å². The zero-order valence-electron chi connectivity index (χ0n) is 13.5. The van der Waals surface area contributed by atoms with Gasteiger partial charge in [-0.05, 0) is 42.7 Å². The van der Waals surface area contributed by atoms with Crippen molar-refractivity contribution in [1.29, 1.82) is 0 Å². The smallest absolute Gasteiger partial charge is 0.232 e. The van der Waals surface area contributed by atoms with Crippen LogP contribution in [-0.2, 0) is 4.79 Å². The van der Waals surface area contributed by atoms with Crippen LogP contribution in [0.1, 0.15) is 42.6 Å². The van der Waals surface area contributed by atoms with Gasteiger partial charge in [0.15, 0.2) is 5.78 Å². The first-order valence-corrected chi connectivity index (χ1v) is 7.94. The maximum Gasteiger partial charge on any atom is 0.232 e. The summed E-state index contributed by atoms with van der Waals surface area (Å²) in [6, 6.07) is 14.3. The standard InChI is InChI=1S/C19H20ClNO2/c1-12(2)18(14-8-10-15(20)11-9-14)19(23)21-17-7-5-4-6-16(17)13(3)22/h4-12,18H,1-3H3,(H,21,23)/t18-/m1/s1. The molecule has 0 aliphatic carbocycles. The van der Waals surface area contributed by atoms with Crippen LogP contribution >= 0.6 is 11.6 Å². The Kier molecular flexibility index (Phi) is 5.56. The summed E-state index contributed by atoms with van der Waals surface area (Å²) in [5.74, 6) is -0.405. The van der Waals surface area contributed by atoms with Crippen molar-refractivity contribution in [3.63, 3.8) is 0 Å². The monoisotopic (exact) mass is 329 g/mol. The molecule has 2 rings (SSSR count). The molecule has 120 valence electrons. The highest BCUT2D eigenvalue weighted by Crippen LogP contribution is 2.28. The van der Waals surface area contributed by atoms with E-state index in [1.165, 1.54) is 6.92 Å². The Labute approximate surface area is 141 Å². The summed E-state index contributed by atoms with van der Waals surface area (Å²) in [4.78, 5) is 24.5. The first-order valence-electron chi connectivity index (χ1n) is 7.56. The number of amides is 1. The number of carbonyl (C=O) groups excluding carboxylic acids is 2. The molecule has 1 atom stereocenters. The minimum absolute atomic E-state index is 0.0755. The lowest BCUT2D eigenvalue weighted by molar-refractivity contribution is -0.118. The summed E-state index contributed by atoms with van der Waals surface area (Å²) in [7, 11) is 0. The van der Waals surface area contributed by atoms with Gasteiger partial charge in [-0.3, -0.25) is 9.59 Å². The van der Waals surface area contributed by atoms with E-state index in [1.807, 2.05) is 26.0 Å². The van der Waals surface area contributed by atoms with Crippen molar-refractivity contribution in [2.24, 2.45) is 5.92 Å². The van der Waals surface area contributed by atoms with Crippen LogP contribution < -0.4 is 5.32 Å². The van der Waals surface area contributed by atoms with E-state index in [9.17, 15) is 9.59 Å². The number of hydrogen-bond acceptors (Lipinski definition) is 2. The van der Waals surface area contributed by atoms with Gasteiger partial charge in [0.25, 0.3) is 0 Å². The van der Waals surface area contributed by atoms with Crippen molar-refractivity contribution in [3.8, 4) is 0 Å².